The lowest BCUT2D eigenvalue weighted by molar-refractivity contribution is -0.00367. The molecule has 0 radical (unpaired) electrons. The summed E-state index contributed by atoms with van der Waals surface area (Å²) in [5.74, 6) is -0.321. The van der Waals surface area contributed by atoms with Gasteiger partial charge in [-0.15, -0.1) is 11.8 Å². The van der Waals surface area contributed by atoms with E-state index in [1.54, 1.807) is 18.9 Å². The molecule has 1 fully saturated rings. The summed E-state index contributed by atoms with van der Waals surface area (Å²) in [5, 5.41) is 0.229. The van der Waals surface area contributed by atoms with E-state index in [9.17, 15) is 4.79 Å². The molecule has 1 aliphatic heterocycles. The Labute approximate surface area is 187 Å². The molecule has 160 valence electrons. The summed E-state index contributed by atoms with van der Waals surface area (Å²) in [6.07, 6.45) is 0.424. The van der Waals surface area contributed by atoms with E-state index in [0.717, 1.165) is 16.7 Å². The zero-order valence-electron chi connectivity index (χ0n) is 17.5. The first-order valence-electron chi connectivity index (χ1n) is 10.4. The van der Waals surface area contributed by atoms with Crippen LogP contribution in [0, 0.1) is 0 Å². The number of carbonyl (C=O) groups excluding carboxylic acids is 1. The van der Waals surface area contributed by atoms with E-state index in [0.29, 0.717) is 25.2 Å². The van der Waals surface area contributed by atoms with Gasteiger partial charge < -0.3 is 14.2 Å². The van der Waals surface area contributed by atoms with Crippen molar-refractivity contribution in [2.24, 2.45) is 0 Å². The molecule has 0 amide bonds. The average molecular weight is 435 g/mol. The predicted molar refractivity (Wildman–Crippen MR) is 124 cm³/mol. The molecule has 0 spiro atoms. The van der Waals surface area contributed by atoms with Gasteiger partial charge in [-0.1, -0.05) is 72.8 Å². The lowest BCUT2D eigenvalue weighted by Crippen LogP contribution is -2.26. The molecule has 0 N–H and O–H groups in total. The normalized spacial score (nSPS) is 20.5. The van der Waals surface area contributed by atoms with Crippen LogP contribution >= 0.6 is 11.8 Å². The number of esters is 1. The zero-order chi connectivity index (χ0) is 21.5. The molecule has 3 aromatic carbocycles. The third kappa shape index (κ3) is 5.76. The van der Waals surface area contributed by atoms with Gasteiger partial charge in [0.15, 0.2) is 0 Å². The van der Waals surface area contributed by atoms with Crippen LogP contribution in [0.1, 0.15) is 22.3 Å². The fourth-order valence-electron chi connectivity index (χ4n) is 3.64. The zero-order valence-corrected chi connectivity index (χ0v) is 18.3. The van der Waals surface area contributed by atoms with Crippen LogP contribution in [0.15, 0.2) is 84.9 Å². The predicted octanol–water partition coefficient (Wildman–Crippen LogP) is 5.57. The number of ether oxygens (including phenoxy) is 3. The molecule has 0 aliphatic carbocycles. The maximum Gasteiger partial charge on any atom is 0.338 e. The highest BCUT2D eigenvalue weighted by Gasteiger charge is 2.38. The fraction of sp³-hybridized carbons (Fsp3) is 0.269. The molecule has 3 aromatic rings. The van der Waals surface area contributed by atoms with Gasteiger partial charge in [0.05, 0.1) is 18.8 Å². The number of benzene rings is 3. The van der Waals surface area contributed by atoms with E-state index in [4.69, 9.17) is 14.2 Å². The van der Waals surface area contributed by atoms with E-state index in [1.807, 2.05) is 84.9 Å². The van der Waals surface area contributed by atoms with Crippen molar-refractivity contribution in [3.8, 4) is 11.1 Å². The van der Waals surface area contributed by atoms with Crippen molar-refractivity contribution in [3.05, 3.63) is 96.1 Å². The number of rotatable bonds is 8. The lowest BCUT2D eigenvalue weighted by atomic mass is 10.0. The number of carbonyl (C=O) groups is 1. The molecule has 1 heterocycles. The fourth-order valence-corrected chi connectivity index (χ4v) is 4.95. The van der Waals surface area contributed by atoms with Crippen molar-refractivity contribution in [2.45, 2.75) is 29.8 Å². The molecule has 1 aliphatic rings. The van der Waals surface area contributed by atoms with Gasteiger partial charge in [0, 0.05) is 18.8 Å². The largest absolute Gasteiger partial charge is 0.455 e. The highest BCUT2D eigenvalue weighted by Crippen LogP contribution is 2.37. The molecular formula is C26H26O4S. The summed E-state index contributed by atoms with van der Waals surface area (Å²) in [4.78, 5) is 12.7. The molecule has 3 atom stereocenters. The molecule has 2 unspecified atom stereocenters. The lowest BCUT2D eigenvalue weighted by Gasteiger charge is -2.17. The van der Waals surface area contributed by atoms with Gasteiger partial charge in [0.1, 0.15) is 11.5 Å². The van der Waals surface area contributed by atoms with Crippen LogP contribution in [0.3, 0.4) is 0 Å². The van der Waals surface area contributed by atoms with Crippen LogP contribution in [0.5, 0.6) is 0 Å². The third-order valence-corrected chi connectivity index (χ3v) is 6.74. The molecular weight excluding hydrogens is 408 g/mol. The Morgan fingerprint density at radius 1 is 0.903 bits per heavy atom. The summed E-state index contributed by atoms with van der Waals surface area (Å²) < 4.78 is 17.2. The molecule has 31 heavy (non-hydrogen) atoms. The monoisotopic (exact) mass is 434 g/mol. The van der Waals surface area contributed by atoms with Gasteiger partial charge in [0.2, 0.25) is 0 Å². The first kappa shape index (κ1) is 21.6. The quantitative estimate of drug-likeness (QED) is 0.434. The van der Waals surface area contributed by atoms with Crippen LogP contribution in [0.25, 0.3) is 11.1 Å². The van der Waals surface area contributed by atoms with Crippen LogP contribution in [0.2, 0.25) is 0 Å². The van der Waals surface area contributed by atoms with E-state index < -0.39 is 0 Å². The van der Waals surface area contributed by atoms with Gasteiger partial charge in [0.25, 0.3) is 0 Å². The van der Waals surface area contributed by atoms with E-state index in [2.05, 4.69) is 0 Å². The first-order valence-corrected chi connectivity index (χ1v) is 11.3. The molecule has 0 bridgehead atoms. The van der Waals surface area contributed by atoms with E-state index >= 15 is 0 Å². The Morgan fingerprint density at radius 2 is 1.55 bits per heavy atom. The molecule has 1 saturated heterocycles. The Balaban J connectivity index is 1.30. The second-order valence-electron chi connectivity index (χ2n) is 7.49. The van der Waals surface area contributed by atoms with Crippen molar-refractivity contribution in [1.29, 1.82) is 0 Å². The maximum atomic E-state index is 12.7. The van der Waals surface area contributed by atoms with Crippen LogP contribution in [-0.4, -0.2) is 36.5 Å². The second kappa shape index (κ2) is 10.6. The summed E-state index contributed by atoms with van der Waals surface area (Å²) >= 11 is 1.67. The molecule has 0 aromatic heterocycles. The Bertz CT molecular complexity index is 960. The van der Waals surface area contributed by atoms with Gasteiger partial charge >= 0.3 is 5.97 Å². The molecule has 0 saturated carbocycles. The second-order valence-corrected chi connectivity index (χ2v) is 8.89. The summed E-state index contributed by atoms with van der Waals surface area (Å²) in [5.41, 5.74) is 3.70. The van der Waals surface area contributed by atoms with Crippen LogP contribution in [-0.2, 0) is 20.8 Å². The SMILES string of the molecule is COC1S[C@H](COCc2ccccc2)CC1OC(=O)c1ccc(-c2ccccc2)cc1. The van der Waals surface area contributed by atoms with E-state index in [1.165, 1.54) is 0 Å². The summed E-state index contributed by atoms with van der Waals surface area (Å²) in [6.45, 7) is 1.17. The van der Waals surface area contributed by atoms with Gasteiger partial charge in [-0.3, -0.25) is 0 Å². The van der Waals surface area contributed by atoms with Crippen molar-refractivity contribution < 1.29 is 19.0 Å². The number of hydrogen-bond acceptors (Lipinski definition) is 5. The Morgan fingerprint density at radius 3 is 2.23 bits per heavy atom. The molecule has 5 heteroatoms. The minimum absolute atomic E-state index is 0.183. The van der Waals surface area contributed by atoms with Gasteiger partial charge in [-0.05, 0) is 28.8 Å². The number of methoxy groups -OCH3 is 1. The van der Waals surface area contributed by atoms with Crippen molar-refractivity contribution in [3.63, 3.8) is 0 Å². The van der Waals surface area contributed by atoms with E-state index in [-0.39, 0.29) is 22.8 Å². The molecule has 4 nitrogen and oxygen atoms in total. The number of thioether (sulfide) groups is 1. The van der Waals surface area contributed by atoms with Crippen molar-refractivity contribution in [2.75, 3.05) is 13.7 Å². The Hall–Kier alpha value is -2.60. The first-order chi connectivity index (χ1) is 15.2. The maximum absolute atomic E-state index is 12.7. The minimum Gasteiger partial charge on any atom is -0.455 e. The van der Waals surface area contributed by atoms with Gasteiger partial charge in [-0.25, -0.2) is 4.79 Å². The topological polar surface area (TPSA) is 44.8 Å². The highest BCUT2D eigenvalue weighted by atomic mass is 32.2. The third-order valence-electron chi connectivity index (χ3n) is 5.26. The van der Waals surface area contributed by atoms with Gasteiger partial charge in [-0.2, -0.15) is 0 Å². The average Bonchev–Trinajstić information content (AvgIpc) is 3.22. The highest BCUT2D eigenvalue weighted by molar-refractivity contribution is 8.00. The number of hydrogen-bond donors (Lipinski definition) is 0. The van der Waals surface area contributed by atoms with Crippen LogP contribution < -0.4 is 0 Å². The summed E-state index contributed by atoms with van der Waals surface area (Å²) in [6, 6.07) is 27.7. The summed E-state index contributed by atoms with van der Waals surface area (Å²) in [7, 11) is 1.65. The van der Waals surface area contributed by atoms with Crippen molar-refractivity contribution >= 4 is 17.7 Å². The minimum atomic E-state index is -0.321. The molecule has 4 rings (SSSR count). The standard InChI is InChI=1S/C26H26O4S/c1-28-26-24(16-23(31-26)18-29-17-19-8-4-2-5-9-19)30-25(27)22-14-12-21(13-15-22)20-10-6-3-7-11-20/h2-15,23-24,26H,16-18H2,1H3/t23-,24?,26?/m0/s1. The van der Waals surface area contributed by atoms with Crippen molar-refractivity contribution in [1.82, 2.24) is 0 Å². The van der Waals surface area contributed by atoms with Crippen LogP contribution in [0.4, 0.5) is 0 Å². The Kier molecular flexibility index (Phi) is 7.41. The smallest absolute Gasteiger partial charge is 0.338 e.